The SMILES string of the molecule is O=S(=O)(NCCOc1cccc2ccccc12)c1c(F)cccc1F. The lowest BCUT2D eigenvalue weighted by Crippen LogP contribution is -2.29. The molecule has 0 radical (unpaired) electrons. The summed E-state index contributed by atoms with van der Waals surface area (Å²) in [5, 5.41) is 1.89. The molecule has 1 N–H and O–H groups in total. The Morgan fingerprint density at radius 3 is 2.28 bits per heavy atom. The van der Waals surface area contributed by atoms with Gasteiger partial charge in [0.2, 0.25) is 10.0 Å². The summed E-state index contributed by atoms with van der Waals surface area (Å²) in [6, 6.07) is 16.0. The summed E-state index contributed by atoms with van der Waals surface area (Å²) >= 11 is 0. The zero-order valence-electron chi connectivity index (χ0n) is 13.1. The molecule has 0 saturated carbocycles. The minimum Gasteiger partial charge on any atom is -0.492 e. The molecule has 3 rings (SSSR count). The van der Waals surface area contributed by atoms with Gasteiger partial charge in [-0.1, -0.05) is 42.5 Å². The third-order valence-corrected chi connectivity index (χ3v) is 5.10. The standard InChI is InChI=1S/C18H15F2NO3S/c19-15-8-4-9-16(20)18(15)25(22,23)21-11-12-24-17-10-3-6-13-5-1-2-7-14(13)17/h1-10,21H,11-12H2. The predicted molar refractivity (Wildman–Crippen MR) is 91.0 cm³/mol. The van der Waals surface area contributed by atoms with Crippen LogP contribution in [0.1, 0.15) is 0 Å². The number of halogens is 2. The molecule has 0 heterocycles. The second-order valence-electron chi connectivity index (χ2n) is 5.27. The zero-order valence-corrected chi connectivity index (χ0v) is 13.9. The molecule has 25 heavy (non-hydrogen) atoms. The molecule has 0 atom stereocenters. The Balaban J connectivity index is 1.67. The quantitative estimate of drug-likeness (QED) is 0.682. The fourth-order valence-corrected chi connectivity index (χ4v) is 3.62. The summed E-state index contributed by atoms with van der Waals surface area (Å²) in [4.78, 5) is -0.986. The van der Waals surface area contributed by atoms with Crippen LogP contribution < -0.4 is 9.46 Å². The normalized spacial score (nSPS) is 11.6. The molecule has 0 unspecified atom stereocenters. The van der Waals surface area contributed by atoms with Crippen molar-refractivity contribution in [2.24, 2.45) is 0 Å². The van der Waals surface area contributed by atoms with Crippen molar-refractivity contribution >= 4 is 20.8 Å². The molecule has 0 saturated heterocycles. The molecule has 0 amide bonds. The van der Waals surface area contributed by atoms with Gasteiger partial charge in [-0.25, -0.2) is 21.9 Å². The van der Waals surface area contributed by atoms with Crippen molar-refractivity contribution in [1.82, 2.24) is 4.72 Å². The number of fused-ring (bicyclic) bond motifs is 1. The first-order chi connectivity index (χ1) is 12.0. The van der Waals surface area contributed by atoms with Gasteiger partial charge in [-0.15, -0.1) is 0 Å². The number of rotatable bonds is 6. The summed E-state index contributed by atoms with van der Waals surface area (Å²) in [7, 11) is -4.30. The molecule has 0 aliphatic carbocycles. The van der Waals surface area contributed by atoms with Crippen LogP contribution in [0.5, 0.6) is 5.75 Å². The van der Waals surface area contributed by atoms with Crippen molar-refractivity contribution in [1.29, 1.82) is 0 Å². The van der Waals surface area contributed by atoms with Crippen LogP contribution in [0.2, 0.25) is 0 Å². The summed E-state index contributed by atoms with van der Waals surface area (Å²) < 4.78 is 59.0. The molecule has 3 aromatic carbocycles. The average molecular weight is 363 g/mol. The van der Waals surface area contributed by atoms with Crippen molar-refractivity contribution in [3.8, 4) is 5.75 Å². The van der Waals surface area contributed by atoms with Crippen LogP contribution in [0.4, 0.5) is 8.78 Å². The van der Waals surface area contributed by atoms with E-state index in [1.807, 2.05) is 36.4 Å². The Kier molecular flexibility index (Phi) is 4.96. The van der Waals surface area contributed by atoms with Crippen LogP contribution in [0.15, 0.2) is 65.6 Å². The lowest BCUT2D eigenvalue weighted by atomic mass is 10.1. The minimum absolute atomic E-state index is 0.0172. The van der Waals surface area contributed by atoms with Crippen LogP contribution >= 0.6 is 0 Å². The summed E-state index contributed by atoms with van der Waals surface area (Å²) in [5.74, 6) is -1.67. The van der Waals surface area contributed by atoms with Crippen LogP contribution in [0.25, 0.3) is 10.8 Å². The highest BCUT2D eigenvalue weighted by molar-refractivity contribution is 7.89. The van der Waals surface area contributed by atoms with Crippen LogP contribution in [-0.2, 0) is 10.0 Å². The molecule has 3 aromatic rings. The van der Waals surface area contributed by atoms with Gasteiger partial charge in [0.25, 0.3) is 0 Å². The first-order valence-corrected chi connectivity index (χ1v) is 9.01. The van der Waals surface area contributed by atoms with Crippen molar-refractivity contribution in [2.45, 2.75) is 4.90 Å². The summed E-state index contributed by atoms with van der Waals surface area (Å²) in [5.41, 5.74) is 0. The highest BCUT2D eigenvalue weighted by Crippen LogP contribution is 2.25. The van der Waals surface area contributed by atoms with E-state index in [0.29, 0.717) is 5.75 Å². The highest BCUT2D eigenvalue weighted by Gasteiger charge is 2.23. The van der Waals surface area contributed by atoms with Crippen LogP contribution in [0.3, 0.4) is 0 Å². The van der Waals surface area contributed by atoms with Crippen molar-refractivity contribution < 1.29 is 21.9 Å². The molecule has 0 fully saturated rings. The largest absolute Gasteiger partial charge is 0.492 e. The molecule has 0 bridgehead atoms. The maximum absolute atomic E-state index is 13.6. The van der Waals surface area contributed by atoms with E-state index in [1.54, 1.807) is 6.07 Å². The van der Waals surface area contributed by atoms with Gasteiger partial charge in [0.15, 0.2) is 4.90 Å². The number of benzene rings is 3. The Labute approximate surface area is 144 Å². The van der Waals surface area contributed by atoms with Gasteiger partial charge in [-0.05, 0) is 23.6 Å². The second-order valence-corrected chi connectivity index (χ2v) is 6.98. The molecule has 130 valence electrons. The van der Waals surface area contributed by atoms with E-state index in [-0.39, 0.29) is 13.2 Å². The minimum atomic E-state index is -4.30. The third-order valence-electron chi connectivity index (χ3n) is 3.59. The first-order valence-electron chi connectivity index (χ1n) is 7.53. The van der Waals surface area contributed by atoms with E-state index >= 15 is 0 Å². The number of hydrogen-bond acceptors (Lipinski definition) is 3. The van der Waals surface area contributed by atoms with Gasteiger partial charge < -0.3 is 4.74 Å². The number of ether oxygens (including phenoxy) is 1. The predicted octanol–water partition coefficient (Wildman–Crippen LogP) is 3.48. The molecule has 4 nitrogen and oxygen atoms in total. The van der Waals surface area contributed by atoms with E-state index in [4.69, 9.17) is 4.74 Å². The molecule has 0 aliphatic rings. The lowest BCUT2D eigenvalue weighted by Gasteiger charge is -2.11. The van der Waals surface area contributed by atoms with Gasteiger partial charge in [0.05, 0.1) is 0 Å². The summed E-state index contributed by atoms with van der Waals surface area (Å²) in [6.45, 7) is -0.108. The summed E-state index contributed by atoms with van der Waals surface area (Å²) in [6.07, 6.45) is 0. The van der Waals surface area contributed by atoms with Gasteiger partial charge in [-0.3, -0.25) is 0 Å². The maximum Gasteiger partial charge on any atom is 0.246 e. The van der Waals surface area contributed by atoms with Gasteiger partial charge in [-0.2, -0.15) is 0 Å². The Morgan fingerprint density at radius 1 is 0.880 bits per heavy atom. The van der Waals surface area contributed by atoms with E-state index in [9.17, 15) is 17.2 Å². The number of sulfonamides is 1. The number of hydrogen-bond donors (Lipinski definition) is 1. The highest BCUT2D eigenvalue weighted by atomic mass is 32.2. The van der Waals surface area contributed by atoms with Crippen LogP contribution in [0, 0.1) is 11.6 Å². The molecule has 0 aromatic heterocycles. The third kappa shape index (κ3) is 3.78. The first kappa shape index (κ1) is 17.3. The van der Waals surface area contributed by atoms with Gasteiger partial charge in [0.1, 0.15) is 24.0 Å². The Morgan fingerprint density at radius 2 is 1.52 bits per heavy atom. The second kappa shape index (κ2) is 7.16. The zero-order chi connectivity index (χ0) is 17.9. The van der Waals surface area contributed by atoms with E-state index in [0.717, 1.165) is 29.0 Å². The fraction of sp³-hybridized carbons (Fsp3) is 0.111. The van der Waals surface area contributed by atoms with Gasteiger partial charge >= 0.3 is 0 Å². The van der Waals surface area contributed by atoms with E-state index < -0.39 is 26.6 Å². The molecule has 0 spiro atoms. The van der Waals surface area contributed by atoms with Crippen molar-refractivity contribution in [3.05, 3.63) is 72.3 Å². The monoisotopic (exact) mass is 363 g/mol. The topological polar surface area (TPSA) is 55.4 Å². The molecular formula is C18H15F2NO3S. The van der Waals surface area contributed by atoms with Crippen molar-refractivity contribution in [2.75, 3.05) is 13.2 Å². The molecule has 0 aliphatic heterocycles. The smallest absolute Gasteiger partial charge is 0.246 e. The Bertz CT molecular complexity index is 981. The number of nitrogens with one attached hydrogen (secondary N) is 1. The molecular weight excluding hydrogens is 348 g/mol. The fourth-order valence-electron chi connectivity index (χ4n) is 2.47. The molecule has 7 heteroatoms. The van der Waals surface area contributed by atoms with Crippen LogP contribution in [-0.4, -0.2) is 21.6 Å². The van der Waals surface area contributed by atoms with E-state index in [2.05, 4.69) is 4.72 Å². The maximum atomic E-state index is 13.6. The van der Waals surface area contributed by atoms with Crippen molar-refractivity contribution in [3.63, 3.8) is 0 Å². The van der Waals surface area contributed by atoms with Gasteiger partial charge in [0, 0.05) is 11.9 Å². The lowest BCUT2D eigenvalue weighted by molar-refractivity contribution is 0.326. The average Bonchev–Trinajstić information content (AvgIpc) is 2.58. The van der Waals surface area contributed by atoms with E-state index in [1.165, 1.54) is 0 Å². The Hall–Kier alpha value is -2.51.